The molecule has 0 bridgehead atoms. The lowest BCUT2D eigenvalue weighted by Crippen LogP contribution is -2.61. The van der Waals surface area contributed by atoms with Crippen molar-refractivity contribution in [3.8, 4) is 17.2 Å². The first-order valence-corrected chi connectivity index (χ1v) is 12.0. The van der Waals surface area contributed by atoms with Crippen LogP contribution in [0.2, 0.25) is 0 Å². The van der Waals surface area contributed by atoms with Gasteiger partial charge in [0.05, 0.1) is 25.5 Å². The molecule has 8 nitrogen and oxygen atoms in total. The van der Waals surface area contributed by atoms with E-state index in [1.807, 2.05) is 59.5 Å². The summed E-state index contributed by atoms with van der Waals surface area (Å²) in [7, 11) is 3.19. The molecule has 0 radical (unpaired) electrons. The van der Waals surface area contributed by atoms with Gasteiger partial charge in [0.1, 0.15) is 22.8 Å². The third-order valence-corrected chi connectivity index (χ3v) is 7.18. The SMILES string of the molecule is COc1cc(C(O)N2CCC3(CC2)NC(=O)c2cc4ccccc4cc2O3)nc2c(OC)cccc12. The molecule has 0 aliphatic carbocycles. The summed E-state index contributed by atoms with van der Waals surface area (Å²) in [5.74, 6) is 1.69. The molecule has 2 N–H and O–H groups in total. The number of aliphatic hydroxyl groups is 1. The minimum atomic E-state index is -0.943. The molecule has 1 amide bonds. The van der Waals surface area contributed by atoms with Gasteiger partial charge in [-0.3, -0.25) is 9.69 Å². The Morgan fingerprint density at radius 1 is 1.00 bits per heavy atom. The van der Waals surface area contributed by atoms with Gasteiger partial charge in [0.2, 0.25) is 0 Å². The number of nitrogens with zero attached hydrogens (tertiary/aromatic N) is 2. The number of rotatable bonds is 4. The fourth-order valence-electron chi connectivity index (χ4n) is 5.21. The predicted molar refractivity (Wildman–Crippen MR) is 135 cm³/mol. The molecule has 1 saturated heterocycles. The number of benzene rings is 3. The van der Waals surface area contributed by atoms with E-state index in [1.165, 1.54) is 0 Å². The maximum atomic E-state index is 13.0. The van der Waals surface area contributed by atoms with E-state index in [-0.39, 0.29) is 5.91 Å². The molecule has 4 aromatic rings. The Labute approximate surface area is 208 Å². The van der Waals surface area contributed by atoms with Crippen molar-refractivity contribution in [1.29, 1.82) is 0 Å². The van der Waals surface area contributed by atoms with E-state index in [4.69, 9.17) is 19.2 Å². The van der Waals surface area contributed by atoms with Gasteiger partial charge in [-0.25, -0.2) is 4.98 Å². The van der Waals surface area contributed by atoms with E-state index < -0.39 is 12.0 Å². The van der Waals surface area contributed by atoms with Crippen LogP contribution in [-0.2, 0) is 0 Å². The van der Waals surface area contributed by atoms with E-state index in [2.05, 4.69) is 5.32 Å². The third kappa shape index (κ3) is 3.70. The number of nitrogens with one attached hydrogen (secondary N) is 1. The van der Waals surface area contributed by atoms with Crippen LogP contribution in [0.25, 0.3) is 21.7 Å². The first kappa shape index (κ1) is 22.6. The summed E-state index contributed by atoms with van der Waals surface area (Å²) in [6, 6.07) is 19.1. The van der Waals surface area contributed by atoms with E-state index in [0.717, 1.165) is 16.2 Å². The van der Waals surface area contributed by atoms with Gasteiger partial charge < -0.3 is 24.6 Å². The van der Waals surface area contributed by atoms with Crippen LogP contribution in [-0.4, -0.2) is 53.9 Å². The van der Waals surface area contributed by atoms with E-state index in [1.54, 1.807) is 20.3 Å². The van der Waals surface area contributed by atoms with Crippen molar-refractivity contribution in [3.05, 3.63) is 71.9 Å². The van der Waals surface area contributed by atoms with Crippen molar-refractivity contribution in [2.75, 3.05) is 27.3 Å². The summed E-state index contributed by atoms with van der Waals surface area (Å²) in [5.41, 5.74) is 0.850. The second kappa shape index (κ2) is 8.65. The average Bonchev–Trinajstić information content (AvgIpc) is 2.91. The minimum Gasteiger partial charge on any atom is -0.496 e. The van der Waals surface area contributed by atoms with Crippen LogP contribution >= 0.6 is 0 Å². The van der Waals surface area contributed by atoms with Gasteiger partial charge in [0.15, 0.2) is 12.0 Å². The topological polar surface area (TPSA) is 93.2 Å². The summed E-state index contributed by atoms with van der Waals surface area (Å²) >= 11 is 0. The summed E-state index contributed by atoms with van der Waals surface area (Å²) in [4.78, 5) is 19.6. The zero-order chi connectivity index (χ0) is 24.9. The third-order valence-electron chi connectivity index (χ3n) is 7.18. The van der Waals surface area contributed by atoms with Gasteiger partial charge in [-0.05, 0) is 35.0 Å². The zero-order valence-corrected chi connectivity index (χ0v) is 20.2. The zero-order valence-electron chi connectivity index (χ0n) is 20.2. The summed E-state index contributed by atoms with van der Waals surface area (Å²) in [6.07, 6.45) is 0.104. The Bertz CT molecular complexity index is 1480. The van der Waals surface area contributed by atoms with Crippen LogP contribution < -0.4 is 19.5 Å². The van der Waals surface area contributed by atoms with Gasteiger partial charge >= 0.3 is 0 Å². The molecule has 1 aromatic heterocycles. The Morgan fingerprint density at radius 2 is 1.72 bits per heavy atom. The fourth-order valence-corrected chi connectivity index (χ4v) is 5.21. The molecule has 1 fully saturated rings. The van der Waals surface area contributed by atoms with Gasteiger partial charge in [0.25, 0.3) is 5.91 Å². The smallest absolute Gasteiger partial charge is 0.258 e. The van der Waals surface area contributed by atoms with Crippen LogP contribution in [0, 0.1) is 0 Å². The molecule has 1 unspecified atom stereocenters. The lowest BCUT2D eigenvalue weighted by atomic mass is 9.95. The second-order valence-electron chi connectivity index (χ2n) is 9.26. The van der Waals surface area contributed by atoms with Crippen LogP contribution in [0.3, 0.4) is 0 Å². The molecule has 3 aromatic carbocycles. The lowest BCUT2D eigenvalue weighted by Gasteiger charge is -2.45. The maximum Gasteiger partial charge on any atom is 0.258 e. The highest BCUT2D eigenvalue weighted by Crippen LogP contribution is 2.38. The number of hydrogen-bond donors (Lipinski definition) is 2. The number of piperidine rings is 1. The summed E-state index contributed by atoms with van der Waals surface area (Å²) in [6.45, 7) is 1.02. The quantitative estimate of drug-likeness (QED) is 0.451. The van der Waals surface area contributed by atoms with E-state index in [9.17, 15) is 9.90 Å². The molecule has 0 saturated carbocycles. The number of carbonyl (C=O) groups is 1. The number of ether oxygens (including phenoxy) is 3. The molecule has 6 rings (SSSR count). The molecule has 3 heterocycles. The number of fused-ring (bicyclic) bond motifs is 3. The lowest BCUT2D eigenvalue weighted by molar-refractivity contribution is -0.0782. The highest BCUT2D eigenvalue weighted by atomic mass is 16.5. The molecule has 36 heavy (non-hydrogen) atoms. The van der Waals surface area contributed by atoms with Crippen molar-refractivity contribution < 1.29 is 24.1 Å². The number of amides is 1. The fraction of sp³-hybridized carbons (Fsp3) is 0.286. The predicted octanol–water partition coefficient (Wildman–Crippen LogP) is 4.01. The van der Waals surface area contributed by atoms with Crippen molar-refractivity contribution in [2.24, 2.45) is 0 Å². The number of pyridine rings is 1. The van der Waals surface area contributed by atoms with Crippen LogP contribution in [0.1, 0.15) is 35.1 Å². The molecule has 2 aliphatic heterocycles. The Morgan fingerprint density at radius 3 is 2.44 bits per heavy atom. The van der Waals surface area contributed by atoms with E-state index in [0.29, 0.717) is 60.0 Å². The second-order valence-corrected chi connectivity index (χ2v) is 9.26. The first-order valence-electron chi connectivity index (χ1n) is 12.0. The van der Waals surface area contributed by atoms with Crippen molar-refractivity contribution in [1.82, 2.24) is 15.2 Å². The van der Waals surface area contributed by atoms with Gasteiger partial charge in [-0.15, -0.1) is 0 Å². The number of methoxy groups -OCH3 is 2. The maximum absolute atomic E-state index is 13.0. The number of para-hydroxylation sites is 1. The van der Waals surface area contributed by atoms with Crippen LogP contribution in [0.15, 0.2) is 60.7 Å². The number of aromatic nitrogens is 1. The number of aliphatic hydroxyl groups excluding tert-OH is 1. The Balaban J connectivity index is 1.24. The number of likely N-dealkylation sites (tertiary alicyclic amines) is 1. The molecule has 1 atom stereocenters. The Kier molecular flexibility index (Phi) is 5.43. The highest BCUT2D eigenvalue weighted by molar-refractivity contribution is 6.02. The largest absolute Gasteiger partial charge is 0.496 e. The van der Waals surface area contributed by atoms with Crippen molar-refractivity contribution in [2.45, 2.75) is 24.8 Å². The van der Waals surface area contributed by atoms with Crippen molar-refractivity contribution >= 4 is 27.6 Å². The molecule has 184 valence electrons. The first-order chi connectivity index (χ1) is 17.5. The monoisotopic (exact) mass is 485 g/mol. The standard InChI is InChI=1S/C28H27N3O5/c1-34-22-9-5-8-19-23(35-2)16-21(29-25(19)22)27(33)31-12-10-28(11-13-31)30-26(32)20-14-17-6-3-4-7-18(17)15-24(20)36-28/h3-9,14-16,27,33H,10-13H2,1-2H3,(H,30,32). The number of carbonyl (C=O) groups excluding carboxylic acids is 1. The molecule has 1 spiro atoms. The molecular formula is C28H27N3O5. The van der Waals surface area contributed by atoms with Gasteiger partial charge in [0, 0.05) is 37.4 Å². The summed E-state index contributed by atoms with van der Waals surface area (Å²) in [5, 5.41) is 17.2. The van der Waals surface area contributed by atoms with Gasteiger partial charge in [-0.2, -0.15) is 0 Å². The normalized spacial score (nSPS) is 17.9. The average molecular weight is 486 g/mol. The number of hydrogen-bond acceptors (Lipinski definition) is 7. The molecule has 2 aliphatic rings. The molecular weight excluding hydrogens is 458 g/mol. The minimum absolute atomic E-state index is 0.135. The van der Waals surface area contributed by atoms with Crippen LogP contribution in [0.5, 0.6) is 17.2 Å². The summed E-state index contributed by atoms with van der Waals surface area (Å²) < 4.78 is 17.5. The van der Waals surface area contributed by atoms with Gasteiger partial charge in [-0.1, -0.05) is 30.3 Å². The molecule has 8 heteroatoms. The van der Waals surface area contributed by atoms with Crippen molar-refractivity contribution in [3.63, 3.8) is 0 Å². The van der Waals surface area contributed by atoms with E-state index >= 15 is 0 Å². The Hall–Kier alpha value is -3.88. The van der Waals surface area contributed by atoms with Crippen LogP contribution in [0.4, 0.5) is 0 Å². The highest BCUT2D eigenvalue weighted by Gasteiger charge is 2.43.